The van der Waals surface area contributed by atoms with E-state index in [1.807, 2.05) is 24.3 Å². The fraction of sp³-hybridized carbons (Fsp3) is 0.400. The van der Waals surface area contributed by atoms with Crippen molar-refractivity contribution in [1.82, 2.24) is 4.72 Å². The normalized spacial score (nSPS) is 18.4. The molecule has 1 unspecified atom stereocenters. The van der Waals surface area contributed by atoms with Gasteiger partial charge in [0.05, 0.1) is 13.2 Å². The Labute approximate surface area is 169 Å². The molecule has 2 aromatic rings. The minimum Gasteiger partial charge on any atom is -0.495 e. The van der Waals surface area contributed by atoms with Crippen LogP contribution in [-0.2, 0) is 10.0 Å². The van der Waals surface area contributed by atoms with Crippen LogP contribution in [0.15, 0.2) is 51.8 Å². The molecule has 2 aromatic carbocycles. The lowest BCUT2D eigenvalue weighted by atomic mass is 9.84. The van der Waals surface area contributed by atoms with Gasteiger partial charge in [0.25, 0.3) is 0 Å². The number of hydrogen-bond donors (Lipinski definition) is 1. The lowest BCUT2D eigenvalue weighted by molar-refractivity contribution is 0.0260. The monoisotopic (exact) mass is 453 g/mol. The van der Waals surface area contributed by atoms with Gasteiger partial charge in [0.2, 0.25) is 10.0 Å². The van der Waals surface area contributed by atoms with E-state index in [0.717, 1.165) is 24.2 Å². The molecule has 0 saturated heterocycles. The third-order valence-corrected chi connectivity index (χ3v) is 7.18. The van der Waals surface area contributed by atoms with Crippen LogP contribution in [0.1, 0.15) is 44.7 Å². The Morgan fingerprint density at radius 3 is 2.59 bits per heavy atom. The van der Waals surface area contributed by atoms with E-state index in [9.17, 15) is 8.42 Å². The summed E-state index contributed by atoms with van der Waals surface area (Å²) in [6.45, 7) is 4.14. The molecule has 1 atom stereocenters. The molecule has 0 saturated carbocycles. The van der Waals surface area contributed by atoms with E-state index < -0.39 is 10.0 Å². The molecule has 3 rings (SSSR count). The van der Waals surface area contributed by atoms with Crippen molar-refractivity contribution in [3.8, 4) is 11.5 Å². The van der Waals surface area contributed by atoms with Crippen LogP contribution in [0.5, 0.6) is 11.5 Å². The SMILES string of the molecule is CCC1(CC)CC(NS(=O)(=O)c2cc(Br)ccc2OC)c2ccccc2O1. The molecule has 0 aromatic heterocycles. The Kier molecular flexibility index (Phi) is 5.84. The summed E-state index contributed by atoms with van der Waals surface area (Å²) in [6.07, 6.45) is 2.18. The smallest absolute Gasteiger partial charge is 0.244 e. The third-order valence-electron chi connectivity index (χ3n) is 5.20. The van der Waals surface area contributed by atoms with Gasteiger partial charge < -0.3 is 9.47 Å². The zero-order valence-corrected chi connectivity index (χ0v) is 18.1. The van der Waals surface area contributed by atoms with Gasteiger partial charge in [-0.2, -0.15) is 0 Å². The van der Waals surface area contributed by atoms with Crippen molar-refractivity contribution < 1.29 is 17.9 Å². The Morgan fingerprint density at radius 1 is 1.22 bits per heavy atom. The van der Waals surface area contributed by atoms with Crippen molar-refractivity contribution in [2.45, 2.75) is 49.6 Å². The van der Waals surface area contributed by atoms with Crippen molar-refractivity contribution in [3.63, 3.8) is 0 Å². The summed E-state index contributed by atoms with van der Waals surface area (Å²) in [5.74, 6) is 1.05. The number of nitrogens with one attached hydrogen (secondary N) is 1. The van der Waals surface area contributed by atoms with E-state index in [0.29, 0.717) is 16.6 Å². The third kappa shape index (κ3) is 4.00. The molecule has 1 aliphatic rings. The van der Waals surface area contributed by atoms with Gasteiger partial charge in [0.15, 0.2) is 0 Å². The van der Waals surface area contributed by atoms with Crippen LogP contribution in [0.2, 0.25) is 0 Å². The quantitative estimate of drug-likeness (QED) is 0.680. The average Bonchev–Trinajstić information content (AvgIpc) is 2.67. The lowest BCUT2D eigenvalue weighted by Crippen LogP contribution is -2.44. The van der Waals surface area contributed by atoms with Crippen molar-refractivity contribution in [3.05, 3.63) is 52.5 Å². The second-order valence-corrected chi connectivity index (χ2v) is 9.30. The molecule has 0 fully saturated rings. The molecule has 0 aliphatic carbocycles. The Hall–Kier alpha value is -1.57. The van der Waals surface area contributed by atoms with Crippen LogP contribution in [0.4, 0.5) is 0 Å². The Balaban J connectivity index is 2.02. The molecule has 1 aliphatic heterocycles. The van der Waals surface area contributed by atoms with Crippen LogP contribution in [-0.4, -0.2) is 21.1 Å². The lowest BCUT2D eigenvalue weighted by Gasteiger charge is -2.41. The topological polar surface area (TPSA) is 64.6 Å². The first-order chi connectivity index (χ1) is 12.8. The van der Waals surface area contributed by atoms with Gasteiger partial charge in [-0.05, 0) is 37.1 Å². The molecule has 1 N–H and O–H groups in total. The second-order valence-electron chi connectivity index (χ2n) is 6.70. The summed E-state index contributed by atoms with van der Waals surface area (Å²) in [7, 11) is -2.33. The van der Waals surface area contributed by atoms with Gasteiger partial charge in [-0.25, -0.2) is 13.1 Å². The molecular formula is C20H24BrNO4S. The summed E-state index contributed by atoms with van der Waals surface area (Å²) in [6, 6.07) is 12.2. The first kappa shape index (κ1) is 20.2. The number of ether oxygens (including phenoxy) is 2. The highest BCUT2D eigenvalue weighted by Crippen LogP contribution is 2.43. The first-order valence-corrected chi connectivity index (χ1v) is 11.3. The highest BCUT2D eigenvalue weighted by Gasteiger charge is 2.40. The zero-order chi connectivity index (χ0) is 19.7. The molecule has 1 heterocycles. The van der Waals surface area contributed by atoms with E-state index in [2.05, 4.69) is 34.5 Å². The van der Waals surface area contributed by atoms with Crippen molar-refractivity contribution in [2.75, 3.05) is 7.11 Å². The maximum atomic E-state index is 13.2. The second kappa shape index (κ2) is 7.81. The molecule has 5 nitrogen and oxygen atoms in total. The number of sulfonamides is 1. The van der Waals surface area contributed by atoms with Crippen molar-refractivity contribution in [1.29, 1.82) is 0 Å². The van der Waals surface area contributed by atoms with Crippen LogP contribution >= 0.6 is 15.9 Å². The highest BCUT2D eigenvalue weighted by atomic mass is 79.9. The highest BCUT2D eigenvalue weighted by molar-refractivity contribution is 9.10. The van der Waals surface area contributed by atoms with Gasteiger partial charge in [0, 0.05) is 16.5 Å². The standard InChI is InChI=1S/C20H24BrNO4S/c1-4-20(5-2)13-16(15-8-6-7-9-17(15)26-20)22-27(23,24)19-12-14(21)10-11-18(19)25-3/h6-12,16,22H,4-5,13H2,1-3H3. The van der Waals surface area contributed by atoms with Crippen LogP contribution in [0, 0.1) is 0 Å². The molecule has 0 amide bonds. The number of methoxy groups -OCH3 is 1. The van der Waals surface area contributed by atoms with Gasteiger partial charge in [-0.1, -0.05) is 48.0 Å². The molecule has 0 bridgehead atoms. The minimum absolute atomic E-state index is 0.113. The van der Waals surface area contributed by atoms with E-state index >= 15 is 0 Å². The summed E-state index contributed by atoms with van der Waals surface area (Å²) in [4.78, 5) is 0.113. The molecular weight excluding hydrogens is 430 g/mol. The summed E-state index contributed by atoms with van der Waals surface area (Å²) in [5, 5.41) is 0. The van der Waals surface area contributed by atoms with Gasteiger partial charge in [-0.3, -0.25) is 0 Å². The number of hydrogen-bond acceptors (Lipinski definition) is 4. The van der Waals surface area contributed by atoms with E-state index in [4.69, 9.17) is 9.47 Å². The van der Waals surface area contributed by atoms with Crippen molar-refractivity contribution in [2.24, 2.45) is 0 Å². The summed E-state index contributed by atoms with van der Waals surface area (Å²) < 4.78 is 41.4. The number of rotatable bonds is 6. The van der Waals surface area contributed by atoms with E-state index in [-0.39, 0.29) is 16.5 Å². The first-order valence-electron chi connectivity index (χ1n) is 8.98. The molecule has 0 radical (unpaired) electrons. The number of fused-ring (bicyclic) bond motifs is 1. The fourth-order valence-electron chi connectivity index (χ4n) is 3.52. The predicted molar refractivity (Wildman–Crippen MR) is 109 cm³/mol. The molecule has 27 heavy (non-hydrogen) atoms. The average molecular weight is 454 g/mol. The molecule has 7 heteroatoms. The van der Waals surface area contributed by atoms with Gasteiger partial charge in [0.1, 0.15) is 22.0 Å². The zero-order valence-electron chi connectivity index (χ0n) is 15.7. The van der Waals surface area contributed by atoms with E-state index in [1.54, 1.807) is 18.2 Å². The van der Waals surface area contributed by atoms with Gasteiger partial charge >= 0.3 is 0 Å². The maximum Gasteiger partial charge on any atom is 0.244 e. The molecule has 0 spiro atoms. The van der Waals surface area contributed by atoms with E-state index in [1.165, 1.54) is 7.11 Å². The Bertz CT molecular complexity index is 925. The predicted octanol–water partition coefficient (Wildman–Crippen LogP) is 4.82. The fourth-order valence-corrected chi connectivity index (χ4v) is 5.44. The van der Waals surface area contributed by atoms with Crippen LogP contribution < -0.4 is 14.2 Å². The Morgan fingerprint density at radius 2 is 1.93 bits per heavy atom. The summed E-state index contributed by atoms with van der Waals surface area (Å²) >= 11 is 3.34. The largest absolute Gasteiger partial charge is 0.495 e. The van der Waals surface area contributed by atoms with Crippen molar-refractivity contribution >= 4 is 26.0 Å². The number of halogens is 1. The minimum atomic E-state index is -3.80. The van der Waals surface area contributed by atoms with Crippen LogP contribution in [0.25, 0.3) is 0 Å². The van der Waals surface area contributed by atoms with Gasteiger partial charge in [-0.15, -0.1) is 0 Å². The number of benzene rings is 2. The maximum absolute atomic E-state index is 13.2. The molecule has 146 valence electrons. The summed E-state index contributed by atoms with van der Waals surface area (Å²) in [5.41, 5.74) is 0.468. The van der Waals surface area contributed by atoms with Crippen LogP contribution in [0.3, 0.4) is 0 Å². The number of para-hydroxylation sites is 1.